The number of fused-ring (bicyclic) bond motifs is 1. The fraction of sp³-hybridized carbons (Fsp3) is 0.100. The minimum absolute atomic E-state index is 0.156. The highest BCUT2D eigenvalue weighted by Crippen LogP contribution is 2.19. The number of carbonyl (C=O) groups is 1. The van der Waals surface area contributed by atoms with Crippen molar-refractivity contribution in [2.24, 2.45) is 22.4 Å². The van der Waals surface area contributed by atoms with Crippen LogP contribution >= 0.6 is 0 Å². The van der Waals surface area contributed by atoms with E-state index in [0.29, 0.717) is 11.1 Å². The SMILES string of the molecule is CN(N)/N=C(\N)c1cc2c(N)c(C(N)=O)cnn2c1. The molecule has 19 heavy (non-hydrogen) atoms. The number of nitrogens with zero attached hydrogens (tertiary/aromatic N) is 4. The Balaban J connectivity index is 2.58. The zero-order valence-electron chi connectivity index (χ0n) is 10.2. The van der Waals surface area contributed by atoms with E-state index < -0.39 is 5.91 Å². The van der Waals surface area contributed by atoms with Crippen molar-refractivity contribution in [3.8, 4) is 0 Å². The number of carbonyl (C=O) groups excluding carboxylic acids is 1. The van der Waals surface area contributed by atoms with Gasteiger partial charge >= 0.3 is 0 Å². The third-order valence-corrected chi connectivity index (χ3v) is 2.50. The molecule has 0 bridgehead atoms. The van der Waals surface area contributed by atoms with Crippen LogP contribution in [0.25, 0.3) is 5.52 Å². The van der Waals surface area contributed by atoms with Gasteiger partial charge in [-0.05, 0) is 6.07 Å². The van der Waals surface area contributed by atoms with Crippen molar-refractivity contribution >= 4 is 22.9 Å². The summed E-state index contributed by atoms with van der Waals surface area (Å²) in [6.45, 7) is 0. The monoisotopic (exact) mass is 262 g/mol. The van der Waals surface area contributed by atoms with E-state index in [1.54, 1.807) is 19.3 Å². The van der Waals surface area contributed by atoms with Gasteiger partial charge in [0, 0.05) is 18.8 Å². The lowest BCUT2D eigenvalue weighted by Crippen LogP contribution is -2.25. The highest BCUT2D eigenvalue weighted by Gasteiger charge is 2.13. The summed E-state index contributed by atoms with van der Waals surface area (Å²) in [4.78, 5) is 11.2. The number of hydrazine groups is 1. The van der Waals surface area contributed by atoms with Gasteiger partial charge in [-0.15, -0.1) is 5.10 Å². The Morgan fingerprint density at radius 2 is 2.16 bits per heavy atom. The largest absolute Gasteiger partial charge is 0.396 e. The van der Waals surface area contributed by atoms with Crippen LogP contribution in [0, 0.1) is 0 Å². The van der Waals surface area contributed by atoms with E-state index in [9.17, 15) is 4.79 Å². The lowest BCUT2D eigenvalue weighted by molar-refractivity contribution is 0.100. The fourth-order valence-electron chi connectivity index (χ4n) is 1.64. The first kappa shape index (κ1) is 12.6. The number of nitrogens with two attached hydrogens (primary N) is 4. The summed E-state index contributed by atoms with van der Waals surface area (Å²) in [5.41, 5.74) is 18.3. The van der Waals surface area contributed by atoms with Crippen LogP contribution in [-0.2, 0) is 0 Å². The van der Waals surface area contributed by atoms with Gasteiger partial charge in [-0.25, -0.2) is 15.5 Å². The van der Waals surface area contributed by atoms with Crippen molar-refractivity contribution in [2.75, 3.05) is 12.8 Å². The molecule has 0 aliphatic rings. The summed E-state index contributed by atoms with van der Waals surface area (Å²) < 4.78 is 1.48. The van der Waals surface area contributed by atoms with Crippen LogP contribution < -0.4 is 23.0 Å². The van der Waals surface area contributed by atoms with Crippen LogP contribution in [0.5, 0.6) is 0 Å². The molecule has 8 N–H and O–H groups in total. The van der Waals surface area contributed by atoms with Crippen molar-refractivity contribution in [1.82, 2.24) is 14.7 Å². The average Bonchev–Trinajstić information content (AvgIpc) is 2.72. The number of nitrogen functional groups attached to an aromatic ring is 1. The van der Waals surface area contributed by atoms with E-state index in [1.165, 1.54) is 10.7 Å². The van der Waals surface area contributed by atoms with Crippen molar-refractivity contribution in [3.05, 3.63) is 29.6 Å². The van der Waals surface area contributed by atoms with E-state index >= 15 is 0 Å². The standard InChI is InChI=1S/C10H14N8O/c1-17(14)16-9(12)5-2-7-8(11)6(10(13)19)3-15-18(7)4-5/h2-4H,11,14H2,1H3,(H2,12,16)(H2,13,19). The Morgan fingerprint density at radius 1 is 1.47 bits per heavy atom. The number of hydrogen-bond acceptors (Lipinski definition) is 6. The predicted octanol–water partition coefficient (Wildman–Crippen LogP) is -1.56. The van der Waals surface area contributed by atoms with Gasteiger partial charge < -0.3 is 17.2 Å². The molecule has 0 aliphatic carbocycles. The van der Waals surface area contributed by atoms with Gasteiger partial charge in [-0.2, -0.15) is 5.10 Å². The Bertz CT molecular complexity index is 671. The first-order chi connectivity index (χ1) is 8.90. The van der Waals surface area contributed by atoms with Gasteiger partial charge in [-0.3, -0.25) is 4.79 Å². The Labute approximate surface area is 108 Å². The van der Waals surface area contributed by atoms with Gasteiger partial charge in [0.05, 0.1) is 23.0 Å². The molecule has 9 nitrogen and oxygen atoms in total. The van der Waals surface area contributed by atoms with E-state index in [2.05, 4.69) is 10.2 Å². The maximum atomic E-state index is 11.2. The van der Waals surface area contributed by atoms with Crippen LogP contribution in [0.15, 0.2) is 23.6 Å². The lowest BCUT2D eigenvalue weighted by atomic mass is 10.2. The molecule has 100 valence electrons. The molecule has 0 fully saturated rings. The Hall–Kier alpha value is -2.81. The van der Waals surface area contributed by atoms with Crippen LogP contribution in [0.2, 0.25) is 0 Å². The molecule has 2 heterocycles. The van der Waals surface area contributed by atoms with Crippen molar-refractivity contribution in [1.29, 1.82) is 0 Å². The quantitative estimate of drug-likeness (QED) is 0.227. The number of hydrazone groups is 1. The second-order valence-corrected chi connectivity index (χ2v) is 3.95. The van der Waals surface area contributed by atoms with E-state index in [0.717, 1.165) is 5.12 Å². The molecule has 0 atom stereocenters. The van der Waals surface area contributed by atoms with Crippen LogP contribution in [0.1, 0.15) is 15.9 Å². The van der Waals surface area contributed by atoms with Gasteiger partial charge in [0.25, 0.3) is 5.91 Å². The van der Waals surface area contributed by atoms with Crippen molar-refractivity contribution in [3.63, 3.8) is 0 Å². The molecule has 2 aromatic heterocycles. The van der Waals surface area contributed by atoms with Gasteiger partial charge in [0.15, 0.2) is 5.84 Å². The molecule has 0 saturated heterocycles. The van der Waals surface area contributed by atoms with Gasteiger partial charge in [0.1, 0.15) is 0 Å². The van der Waals surface area contributed by atoms with E-state index in [1.807, 2.05) is 0 Å². The molecule has 2 aromatic rings. The zero-order chi connectivity index (χ0) is 14.2. The average molecular weight is 262 g/mol. The normalized spacial score (nSPS) is 11.8. The molecule has 2 rings (SSSR count). The molecule has 0 unspecified atom stereocenters. The minimum atomic E-state index is -0.640. The maximum absolute atomic E-state index is 11.2. The fourth-order valence-corrected chi connectivity index (χ4v) is 1.64. The summed E-state index contributed by atoms with van der Waals surface area (Å²) in [6, 6.07) is 1.65. The zero-order valence-corrected chi connectivity index (χ0v) is 10.2. The molecule has 0 spiro atoms. The number of aromatic nitrogens is 2. The lowest BCUT2D eigenvalue weighted by Gasteiger charge is -2.04. The highest BCUT2D eigenvalue weighted by atomic mass is 16.1. The van der Waals surface area contributed by atoms with Crippen molar-refractivity contribution in [2.45, 2.75) is 0 Å². The number of amidine groups is 1. The Morgan fingerprint density at radius 3 is 2.74 bits per heavy atom. The summed E-state index contributed by atoms with van der Waals surface area (Å²) in [5.74, 6) is 4.94. The molecule has 0 saturated carbocycles. The number of hydrogen-bond donors (Lipinski definition) is 4. The number of amides is 1. The summed E-state index contributed by atoms with van der Waals surface area (Å²) >= 11 is 0. The third-order valence-electron chi connectivity index (χ3n) is 2.50. The first-order valence-electron chi connectivity index (χ1n) is 5.29. The van der Waals surface area contributed by atoms with Crippen LogP contribution in [0.3, 0.4) is 0 Å². The predicted molar refractivity (Wildman–Crippen MR) is 70.8 cm³/mol. The maximum Gasteiger partial charge on any atom is 0.252 e. The van der Waals surface area contributed by atoms with Gasteiger partial charge in [0.2, 0.25) is 0 Å². The Kier molecular flexibility index (Phi) is 2.97. The molecule has 0 radical (unpaired) electrons. The van der Waals surface area contributed by atoms with Crippen LogP contribution in [0.4, 0.5) is 5.69 Å². The summed E-state index contributed by atoms with van der Waals surface area (Å²) in [5, 5.41) is 8.97. The van der Waals surface area contributed by atoms with E-state index in [4.69, 9.17) is 23.0 Å². The summed E-state index contributed by atoms with van der Waals surface area (Å²) in [7, 11) is 1.54. The van der Waals surface area contributed by atoms with E-state index in [-0.39, 0.29) is 17.1 Å². The van der Waals surface area contributed by atoms with Crippen molar-refractivity contribution < 1.29 is 4.79 Å². The first-order valence-corrected chi connectivity index (χ1v) is 5.29. The van der Waals surface area contributed by atoms with Gasteiger partial charge in [-0.1, -0.05) is 0 Å². The topological polar surface area (TPSA) is 154 Å². The second kappa shape index (κ2) is 4.46. The molecular weight excluding hydrogens is 248 g/mol. The molecule has 9 heteroatoms. The second-order valence-electron chi connectivity index (χ2n) is 3.95. The number of rotatable bonds is 3. The smallest absolute Gasteiger partial charge is 0.252 e. The highest BCUT2D eigenvalue weighted by molar-refractivity contribution is 6.03. The summed E-state index contributed by atoms with van der Waals surface area (Å²) in [6.07, 6.45) is 2.93. The third kappa shape index (κ3) is 2.26. The number of primary amides is 1. The van der Waals surface area contributed by atoms with Crippen LogP contribution in [-0.4, -0.2) is 33.5 Å². The molecule has 1 amide bonds. The number of anilines is 1. The minimum Gasteiger partial charge on any atom is -0.396 e. The molecular formula is C10H14N8O. The molecule has 0 aliphatic heterocycles. The molecule has 0 aromatic carbocycles.